The van der Waals surface area contributed by atoms with Crippen LogP contribution in [0, 0.1) is 0 Å². The third-order valence-corrected chi connectivity index (χ3v) is 5.29. The predicted molar refractivity (Wildman–Crippen MR) is 114 cm³/mol. The number of phenols is 1. The molecule has 1 aliphatic rings. The van der Waals surface area contributed by atoms with Gasteiger partial charge >= 0.3 is 5.97 Å². The minimum atomic E-state index is -1.08. The van der Waals surface area contributed by atoms with Gasteiger partial charge in [0.2, 0.25) is 5.91 Å². The molecule has 9 nitrogen and oxygen atoms in total. The van der Waals surface area contributed by atoms with E-state index in [-0.39, 0.29) is 17.3 Å². The number of ether oxygens (including phenoxy) is 2. The number of thioether (sulfide) groups is 1. The van der Waals surface area contributed by atoms with Crippen molar-refractivity contribution in [2.24, 2.45) is 10.2 Å². The topological polar surface area (TPSA) is 121 Å². The van der Waals surface area contributed by atoms with Gasteiger partial charge < -0.3 is 19.7 Å². The van der Waals surface area contributed by atoms with Crippen molar-refractivity contribution in [3.8, 4) is 17.2 Å². The highest BCUT2D eigenvalue weighted by molar-refractivity contribution is 8.16. The third-order valence-electron chi connectivity index (χ3n) is 4.16. The van der Waals surface area contributed by atoms with E-state index in [9.17, 15) is 14.7 Å². The van der Waals surface area contributed by atoms with Gasteiger partial charge in [-0.05, 0) is 48.0 Å². The number of benzene rings is 2. The van der Waals surface area contributed by atoms with Crippen LogP contribution in [-0.2, 0) is 9.59 Å². The summed E-state index contributed by atoms with van der Waals surface area (Å²) < 4.78 is 10.4. The van der Waals surface area contributed by atoms with Crippen LogP contribution >= 0.6 is 11.8 Å². The summed E-state index contributed by atoms with van der Waals surface area (Å²) in [5, 5.41) is 26.2. The Hall–Kier alpha value is -3.53. The van der Waals surface area contributed by atoms with E-state index in [1.807, 2.05) is 0 Å². The first-order valence-electron chi connectivity index (χ1n) is 8.77. The lowest BCUT2D eigenvalue weighted by Crippen LogP contribution is -2.32. The average Bonchev–Trinajstić information content (AvgIpc) is 3.03. The molecule has 1 atom stereocenters. The van der Waals surface area contributed by atoms with Crippen LogP contribution in [0.3, 0.4) is 0 Å². The molecular formula is C20H19N3O6S. The smallest absolute Gasteiger partial charge is 0.305 e. The quantitative estimate of drug-likeness (QED) is 0.513. The summed E-state index contributed by atoms with van der Waals surface area (Å²) in [6, 6.07) is 11.2. The average molecular weight is 429 g/mol. The van der Waals surface area contributed by atoms with E-state index >= 15 is 0 Å². The molecule has 30 heavy (non-hydrogen) atoms. The second kappa shape index (κ2) is 9.31. The van der Waals surface area contributed by atoms with Crippen molar-refractivity contribution in [3.63, 3.8) is 0 Å². The number of hydrogen-bond acceptors (Lipinski definition) is 8. The summed E-state index contributed by atoms with van der Waals surface area (Å²) in [4.78, 5) is 25.1. The van der Waals surface area contributed by atoms with Crippen molar-refractivity contribution in [1.29, 1.82) is 0 Å². The van der Waals surface area contributed by atoms with Gasteiger partial charge in [-0.1, -0.05) is 11.8 Å². The number of carbonyl (C=O) groups excluding carboxylic acids is 1. The summed E-state index contributed by atoms with van der Waals surface area (Å²) >= 11 is 1.03. The van der Waals surface area contributed by atoms with Crippen molar-refractivity contribution in [2.45, 2.75) is 11.7 Å². The first-order chi connectivity index (χ1) is 14.4. The highest BCUT2D eigenvalue weighted by atomic mass is 32.2. The van der Waals surface area contributed by atoms with Gasteiger partial charge in [-0.3, -0.25) is 14.5 Å². The van der Waals surface area contributed by atoms with Crippen LogP contribution < -0.4 is 14.4 Å². The predicted octanol–water partition coefficient (Wildman–Crippen LogP) is 2.72. The van der Waals surface area contributed by atoms with Gasteiger partial charge in [0.1, 0.15) is 11.0 Å². The molecule has 1 amide bonds. The van der Waals surface area contributed by atoms with Crippen molar-refractivity contribution in [2.75, 3.05) is 19.1 Å². The van der Waals surface area contributed by atoms with Crippen LogP contribution in [0.5, 0.6) is 17.2 Å². The fourth-order valence-corrected chi connectivity index (χ4v) is 3.82. The van der Waals surface area contributed by atoms with Gasteiger partial charge in [-0.25, -0.2) is 0 Å². The first-order valence-corrected chi connectivity index (χ1v) is 9.65. The number of methoxy groups -OCH3 is 2. The van der Waals surface area contributed by atoms with E-state index in [0.29, 0.717) is 22.7 Å². The number of aliphatic carboxylic acids is 1. The number of carbonyl (C=O) groups is 2. The number of carboxylic acids is 1. The Kier molecular flexibility index (Phi) is 6.58. The molecule has 1 fully saturated rings. The number of anilines is 1. The van der Waals surface area contributed by atoms with Crippen LogP contribution in [-0.4, -0.2) is 52.9 Å². The summed E-state index contributed by atoms with van der Waals surface area (Å²) in [5.41, 5.74) is 1.16. The number of nitrogens with zero attached hydrogens (tertiary/aromatic N) is 3. The fourth-order valence-electron chi connectivity index (χ4n) is 2.74. The monoisotopic (exact) mass is 429 g/mol. The summed E-state index contributed by atoms with van der Waals surface area (Å²) in [6.07, 6.45) is 1.15. The number of aromatic hydroxyl groups is 1. The molecular weight excluding hydrogens is 410 g/mol. The maximum Gasteiger partial charge on any atom is 0.305 e. The van der Waals surface area contributed by atoms with Crippen molar-refractivity contribution in [3.05, 3.63) is 48.0 Å². The first kappa shape index (κ1) is 21.2. The van der Waals surface area contributed by atoms with Gasteiger partial charge in [0, 0.05) is 0 Å². The second-order valence-corrected chi connectivity index (χ2v) is 7.31. The number of amidine groups is 1. The molecule has 156 valence electrons. The van der Waals surface area contributed by atoms with Crippen LogP contribution in [0.1, 0.15) is 12.0 Å². The third kappa shape index (κ3) is 4.71. The molecule has 1 saturated heterocycles. The lowest BCUT2D eigenvalue weighted by atomic mass is 10.2. The Bertz CT molecular complexity index is 1010. The van der Waals surface area contributed by atoms with E-state index < -0.39 is 17.1 Å². The molecule has 1 heterocycles. The largest absolute Gasteiger partial charge is 0.508 e. The van der Waals surface area contributed by atoms with Gasteiger partial charge in [-0.2, -0.15) is 5.10 Å². The van der Waals surface area contributed by atoms with Crippen LogP contribution in [0.2, 0.25) is 0 Å². The molecule has 0 saturated carbocycles. The molecule has 0 aliphatic carbocycles. The number of rotatable bonds is 7. The molecule has 3 rings (SSSR count). The molecule has 2 aromatic rings. The molecule has 2 aromatic carbocycles. The summed E-state index contributed by atoms with van der Waals surface area (Å²) in [5.74, 6) is -0.334. The molecule has 0 radical (unpaired) electrons. The molecule has 1 aliphatic heterocycles. The van der Waals surface area contributed by atoms with E-state index in [2.05, 4.69) is 10.2 Å². The van der Waals surface area contributed by atoms with Crippen molar-refractivity contribution < 1.29 is 29.3 Å². The standard InChI is InChI=1S/C20H19N3O6S/c1-28-15-8-3-12(9-16(15)29-2)11-21-22-20-23(13-4-6-14(24)7-5-13)19(27)17(30-20)10-18(25)26/h3-9,11,17,24H,10H2,1-2H3,(H,25,26)/b21-11-,22-20+/t17-/m0/s1. The number of carboxylic acid groups (broad SMARTS) is 1. The van der Waals surface area contributed by atoms with E-state index in [0.717, 1.165) is 11.8 Å². The van der Waals surface area contributed by atoms with Gasteiger partial charge in [0.25, 0.3) is 0 Å². The molecule has 0 unspecified atom stereocenters. The Morgan fingerprint density at radius 1 is 1.17 bits per heavy atom. The summed E-state index contributed by atoms with van der Waals surface area (Å²) in [7, 11) is 3.06. The SMILES string of the molecule is COc1ccc(/C=N\N=C2\S[C@@H](CC(=O)O)C(=O)N2c2ccc(O)cc2)cc1OC. The normalized spacial score (nSPS) is 17.7. The number of hydrogen-bond donors (Lipinski definition) is 2. The minimum Gasteiger partial charge on any atom is -0.508 e. The molecule has 0 bridgehead atoms. The van der Waals surface area contributed by atoms with E-state index in [4.69, 9.17) is 14.6 Å². The van der Waals surface area contributed by atoms with Gasteiger partial charge in [-0.15, -0.1) is 5.10 Å². The van der Waals surface area contributed by atoms with Gasteiger partial charge in [0.15, 0.2) is 16.7 Å². The lowest BCUT2D eigenvalue weighted by molar-refractivity contribution is -0.138. The highest BCUT2D eigenvalue weighted by Gasteiger charge is 2.40. The highest BCUT2D eigenvalue weighted by Crippen LogP contribution is 2.34. The van der Waals surface area contributed by atoms with Crippen LogP contribution in [0.15, 0.2) is 52.7 Å². The Labute approximate surface area is 176 Å². The maximum absolute atomic E-state index is 12.7. The van der Waals surface area contributed by atoms with E-state index in [1.54, 1.807) is 30.3 Å². The van der Waals surface area contributed by atoms with Gasteiger partial charge in [0.05, 0.1) is 32.5 Å². The minimum absolute atomic E-state index is 0.0464. The zero-order chi connectivity index (χ0) is 21.7. The van der Waals surface area contributed by atoms with Crippen LogP contribution in [0.4, 0.5) is 5.69 Å². The van der Waals surface area contributed by atoms with Crippen LogP contribution in [0.25, 0.3) is 0 Å². The zero-order valence-corrected chi connectivity index (χ0v) is 17.0. The Balaban J connectivity index is 1.89. The molecule has 0 aromatic heterocycles. The number of phenolic OH excluding ortho intramolecular Hbond substituents is 1. The van der Waals surface area contributed by atoms with Crippen molar-refractivity contribution >= 4 is 40.7 Å². The second-order valence-electron chi connectivity index (χ2n) is 6.14. The zero-order valence-electron chi connectivity index (χ0n) is 16.2. The molecule has 2 N–H and O–H groups in total. The Morgan fingerprint density at radius 2 is 1.87 bits per heavy atom. The van der Waals surface area contributed by atoms with Crippen molar-refractivity contribution in [1.82, 2.24) is 0 Å². The Morgan fingerprint density at radius 3 is 2.50 bits per heavy atom. The lowest BCUT2D eigenvalue weighted by Gasteiger charge is -2.15. The summed E-state index contributed by atoms with van der Waals surface area (Å²) in [6.45, 7) is 0. The maximum atomic E-state index is 12.7. The fraction of sp³-hybridized carbons (Fsp3) is 0.200. The molecule has 0 spiro atoms. The molecule has 10 heteroatoms. The number of amides is 1. The van der Waals surface area contributed by atoms with E-state index in [1.165, 1.54) is 37.5 Å².